The summed E-state index contributed by atoms with van der Waals surface area (Å²) in [5, 5.41) is 4.81. The highest BCUT2D eigenvalue weighted by Crippen LogP contribution is 2.24. The van der Waals surface area contributed by atoms with Crippen LogP contribution in [0.5, 0.6) is 0 Å². The number of primary amides is 1. The van der Waals surface area contributed by atoms with Crippen molar-refractivity contribution in [3.63, 3.8) is 0 Å². The van der Waals surface area contributed by atoms with Crippen LogP contribution in [-0.4, -0.2) is 57.4 Å². The molecule has 0 radical (unpaired) electrons. The second-order valence-electron chi connectivity index (χ2n) is 7.69. The third-order valence-electron chi connectivity index (χ3n) is 5.18. The van der Waals surface area contributed by atoms with Crippen LogP contribution in [0.1, 0.15) is 31.7 Å². The zero-order valence-electron chi connectivity index (χ0n) is 18.5. The SMILES string of the molecule is CC(SCPO)C(=O)N1CCCCC1C(=O)NCC(N)=O.Cc1ccc2ccccc2c1. The van der Waals surface area contributed by atoms with Crippen molar-refractivity contribution in [3.8, 4) is 0 Å². The molecule has 174 valence electrons. The van der Waals surface area contributed by atoms with E-state index < -0.39 is 11.9 Å². The van der Waals surface area contributed by atoms with E-state index in [1.165, 1.54) is 28.1 Å². The van der Waals surface area contributed by atoms with Gasteiger partial charge in [0, 0.05) is 20.8 Å². The Bertz CT molecular complexity index is 927. The van der Waals surface area contributed by atoms with Gasteiger partial charge >= 0.3 is 0 Å². The quantitative estimate of drug-likeness (QED) is 0.531. The molecule has 0 bridgehead atoms. The fourth-order valence-corrected chi connectivity index (χ4v) is 5.11. The third kappa shape index (κ3) is 8.08. The summed E-state index contributed by atoms with van der Waals surface area (Å²) in [6.45, 7) is 4.22. The molecular weight excluding hydrogens is 445 g/mol. The number of nitrogens with zero attached hydrogens (tertiary/aromatic N) is 1. The van der Waals surface area contributed by atoms with E-state index >= 15 is 0 Å². The minimum absolute atomic E-state index is 0.0998. The molecule has 1 fully saturated rings. The largest absolute Gasteiger partial charge is 0.376 e. The van der Waals surface area contributed by atoms with E-state index in [0.717, 1.165) is 12.8 Å². The number of piperidine rings is 1. The highest BCUT2D eigenvalue weighted by atomic mass is 32.2. The van der Waals surface area contributed by atoms with Crippen molar-refractivity contribution in [1.29, 1.82) is 0 Å². The van der Waals surface area contributed by atoms with Gasteiger partial charge in [-0.3, -0.25) is 14.4 Å². The average molecular weight is 478 g/mol. The van der Waals surface area contributed by atoms with E-state index in [4.69, 9.17) is 10.6 Å². The van der Waals surface area contributed by atoms with Crippen LogP contribution in [0.3, 0.4) is 0 Å². The Labute approximate surface area is 195 Å². The molecule has 2 aromatic carbocycles. The molecule has 32 heavy (non-hydrogen) atoms. The lowest BCUT2D eigenvalue weighted by Gasteiger charge is -2.36. The van der Waals surface area contributed by atoms with Gasteiger partial charge in [-0.25, -0.2) is 0 Å². The zero-order valence-corrected chi connectivity index (χ0v) is 20.4. The molecule has 2 aromatic rings. The van der Waals surface area contributed by atoms with E-state index in [1.807, 2.05) is 0 Å². The number of amides is 3. The van der Waals surface area contributed by atoms with Crippen LogP contribution in [-0.2, 0) is 14.4 Å². The molecule has 1 aliphatic heterocycles. The number of rotatable bonds is 7. The lowest BCUT2D eigenvalue weighted by atomic mass is 10.0. The molecule has 1 heterocycles. The molecule has 3 unspecified atom stereocenters. The Hall–Kier alpha value is -2.15. The number of benzene rings is 2. The normalized spacial score (nSPS) is 17.0. The Balaban J connectivity index is 0.000000273. The van der Waals surface area contributed by atoms with Crippen LogP contribution in [0.15, 0.2) is 42.5 Å². The predicted molar refractivity (Wildman–Crippen MR) is 133 cm³/mol. The monoisotopic (exact) mass is 477 g/mol. The van der Waals surface area contributed by atoms with Gasteiger partial charge in [-0.05, 0) is 43.9 Å². The maximum atomic E-state index is 12.4. The molecule has 0 aromatic heterocycles. The minimum atomic E-state index is -0.607. The summed E-state index contributed by atoms with van der Waals surface area (Å²) in [6, 6.07) is 14.4. The summed E-state index contributed by atoms with van der Waals surface area (Å²) in [5.74, 6) is -1.04. The molecule has 3 rings (SSSR count). The van der Waals surface area contributed by atoms with Crippen molar-refractivity contribution >= 4 is 49.1 Å². The van der Waals surface area contributed by atoms with Crippen LogP contribution in [0.25, 0.3) is 10.8 Å². The van der Waals surface area contributed by atoms with Crippen molar-refractivity contribution in [3.05, 3.63) is 48.0 Å². The van der Waals surface area contributed by atoms with Gasteiger partial charge in [0.15, 0.2) is 0 Å². The van der Waals surface area contributed by atoms with Gasteiger partial charge in [-0.2, -0.15) is 0 Å². The summed E-state index contributed by atoms with van der Waals surface area (Å²) in [5.41, 5.74) is 6.84. The minimum Gasteiger partial charge on any atom is -0.376 e. The fraction of sp³-hybridized carbons (Fsp3) is 0.435. The Kier molecular flexibility index (Phi) is 10.9. The Morgan fingerprint density at radius 2 is 1.94 bits per heavy atom. The predicted octanol–water partition coefficient (Wildman–Crippen LogP) is 2.78. The molecule has 1 aliphatic rings. The molecule has 4 N–H and O–H groups in total. The highest BCUT2D eigenvalue weighted by molar-refractivity contribution is 8.04. The zero-order chi connectivity index (χ0) is 23.5. The number of fused-ring (bicyclic) bond motifs is 1. The first-order valence-electron chi connectivity index (χ1n) is 10.6. The maximum absolute atomic E-state index is 12.4. The molecule has 0 saturated carbocycles. The second-order valence-corrected chi connectivity index (χ2v) is 10.2. The van der Waals surface area contributed by atoms with Crippen molar-refractivity contribution in [2.24, 2.45) is 5.73 Å². The Morgan fingerprint density at radius 1 is 1.22 bits per heavy atom. The van der Waals surface area contributed by atoms with Crippen LogP contribution < -0.4 is 11.1 Å². The Morgan fingerprint density at radius 3 is 2.62 bits per heavy atom. The van der Waals surface area contributed by atoms with Gasteiger partial charge in [-0.15, -0.1) is 11.8 Å². The van der Waals surface area contributed by atoms with Crippen molar-refractivity contribution < 1.29 is 19.3 Å². The molecule has 1 saturated heterocycles. The van der Waals surface area contributed by atoms with Crippen LogP contribution >= 0.6 is 20.6 Å². The third-order valence-corrected chi connectivity index (χ3v) is 7.06. The number of nitrogens with one attached hydrogen (secondary N) is 1. The van der Waals surface area contributed by atoms with Crippen LogP contribution in [0, 0.1) is 6.92 Å². The summed E-state index contributed by atoms with van der Waals surface area (Å²) < 4.78 is 0. The molecule has 3 atom stereocenters. The number of carbonyl (C=O) groups excluding carboxylic acids is 3. The summed E-state index contributed by atoms with van der Waals surface area (Å²) in [7, 11) is -0.200. The molecule has 9 heteroatoms. The fourth-order valence-electron chi connectivity index (χ4n) is 3.54. The number of nitrogens with two attached hydrogens (primary N) is 1. The number of hydrogen-bond acceptors (Lipinski definition) is 5. The lowest BCUT2D eigenvalue weighted by Crippen LogP contribution is -2.54. The van der Waals surface area contributed by atoms with Crippen molar-refractivity contribution in [2.75, 3.05) is 18.6 Å². The maximum Gasteiger partial charge on any atom is 0.243 e. The van der Waals surface area contributed by atoms with Crippen LogP contribution in [0.4, 0.5) is 0 Å². The van der Waals surface area contributed by atoms with E-state index in [1.54, 1.807) is 11.8 Å². The summed E-state index contributed by atoms with van der Waals surface area (Å²) >= 11 is 1.38. The second kappa shape index (κ2) is 13.4. The van der Waals surface area contributed by atoms with Gasteiger partial charge in [0.25, 0.3) is 0 Å². The number of aryl methyl sites for hydroxylation is 1. The number of carbonyl (C=O) groups is 3. The number of hydrogen-bond donors (Lipinski definition) is 3. The van der Waals surface area contributed by atoms with Gasteiger partial charge in [0.2, 0.25) is 17.7 Å². The average Bonchev–Trinajstić information content (AvgIpc) is 2.80. The first kappa shape index (κ1) is 26.1. The van der Waals surface area contributed by atoms with E-state index in [9.17, 15) is 14.4 Å². The smallest absolute Gasteiger partial charge is 0.243 e. The molecule has 0 aliphatic carbocycles. The van der Waals surface area contributed by atoms with E-state index in [2.05, 4.69) is 54.7 Å². The van der Waals surface area contributed by atoms with Crippen molar-refractivity contribution in [2.45, 2.75) is 44.4 Å². The lowest BCUT2D eigenvalue weighted by molar-refractivity contribution is -0.141. The van der Waals surface area contributed by atoms with Gasteiger partial charge in [0.1, 0.15) is 6.04 Å². The number of thioether (sulfide) groups is 1. The van der Waals surface area contributed by atoms with Gasteiger partial charge < -0.3 is 20.8 Å². The molecular formula is C23H32N3O4PS. The molecule has 7 nitrogen and oxygen atoms in total. The van der Waals surface area contributed by atoms with Crippen LogP contribution in [0.2, 0.25) is 0 Å². The van der Waals surface area contributed by atoms with Gasteiger partial charge in [-0.1, -0.05) is 48.0 Å². The first-order chi connectivity index (χ1) is 15.3. The van der Waals surface area contributed by atoms with Crippen molar-refractivity contribution in [1.82, 2.24) is 10.2 Å². The molecule has 3 amide bonds. The number of likely N-dealkylation sites (tertiary alicyclic amines) is 1. The topological polar surface area (TPSA) is 113 Å². The molecule has 0 spiro atoms. The first-order valence-corrected chi connectivity index (χ1v) is 12.8. The van der Waals surface area contributed by atoms with E-state index in [-0.39, 0.29) is 32.4 Å². The summed E-state index contributed by atoms with van der Waals surface area (Å²) in [6.07, 6.45) is 2.33. The highest BCUT2D eigenvalue weighted by Gasteiger charge is 2.34. The van der Waals surface area contributed by atoms with Gasteiger partial charge in [0.05, 0.1) is 11.8 Å². The summed E-state index contributed by atoms with van der Waals surface area (Å²) in [4.78, 5) is 45.7. The van der Waals surface area contributed by atoms with E-state index in [0.29, 0.717) is 18.5 Å². The standard InChI is InChI=1S/C12H22N3O4PS.C11H10/c1-8(21-7-20-19)12(18)15-5-3-2-4-9(15)11(17)14-6-10(13)16;1-9-6-7-10-4-2-3-5-11(10)8-9/h8-9,19-20H,2-7H2,1H3,(H2,13,16)(H,14,17);2-8H,1H3.